The Morgan fingerprint density at radius 2 is 1.62 bits per heavy atom. The van der Waals surface area contributed by atoms with E-state index in [9.17, 15) is 9.59 Å². The summed E-state index contributed by atoms with van der Waals surface area (Å²) in [7, 11) is 0. The number of carbonyl (C=O) groups is 2. The van der Waals surface area contributed by atoms with Crippen molar-refractivity contribution in [3.8, 4) is 5.75 Å². The van der Waals surface area contributed by atoms with E-state index in [0.717, 1.165) is 29.0 Å². The maximum Gasteiger partial charge on any atom is 0.254 e. The van der Waals surface area contributed by atoms with E-state index < -0.39 is 0 Å². The van der Waals surface area contributed by atoms with Crippen molar-refractivity contribution in [1.29, 1.82) is 0 Å². The van der Waals surface area contributed by atoms with Crippen LogP contribution < -0.4 is 4.74 Å². The molecule has 0 N–H and O–H groups in total. The number of ether oxygens (including phenoxy) is 1. The highest BCUT2D eigenvalue weighted by Gasteiger charge is 2.56. The summed E-state index contributed by atoms with van der Waals surface area (Å²) < 4.78 is 5.84. The third-order valence-electron chi connectivity index (χ3n) is 6.16. The molecular weight excluding hydrogens is 364 g/mol. The fourth-order valence-corrected chi connectivity index (χ4v) is 4.72. The molecule has 2 fully saturated rings. The summed E-state index contributed by atoms with van der Waals surface area (Å²) in [6.45, 7) is 0.476. The lowest BCUT2D eigenvalue weighted by atomic mass is 9.63. The number of amides is 2. The molecule has 29 heavy (non-hydrogen) atoms. The molecule has 4 aliphatic rings. The van der Waals surface area contributed by atoms with Crippen LogP contribution >= 0.6 is 0 Å². The number of benzene rings is 2. The van der Waals surface area contributed by atoms with E-state index in [2.05, 4.69) is 17.3 Å². The van der Waals surface area contributed by atoms with Gasteiger partial charge in [-0.3, -0.25) is 9.59 Å². The second kappa shape index (κ2) is 7.32. The molecule has 5 heteroatoms. The van der Waals surface area contributed by atoms with Gasteiger partial charge in [0.1, 0.15) is 12.4 Å². The first-order valence-electron chi connectivity index (χ1n) is 10.1. The van der Waals surface area contributed by atoms with Crippen LogP contribution in [0.5, 0.6) is 5.75 Å². The lowest BCUT2D eigenvalue weighted by Gasteiger charge is -2.37. The molecular formula is C24H22N2O3. The number of hydrazone groups is 1. The van der Waals surface area contributed by atoms with Gasteiger partial charge in [0.05, 0.1) is 18.1 Å². The third kappa shape index (κ3) is 3.27. The Labute approximate surface area is 169 Å². The minimum absolute atomic E-state index is 0.160. The van der Waals surface area contributed by atoms with Gasteiger partial charge in [-0.15, -0.1) is 0 Å². The zero-order chi connectivity index (χ0) is 19.8. The molecule has 2 bridgehead atoms. The molecule has 1 aliphatic heterocycles. The van der Waals surface area contributed by atoms with Crippen LogP contribution in [0.15, 0.2) is 71.9 Å². The lowest BCUT2D eigenvalue weighted by molar-refractivity contribution is -0.140. The highest BCUT2D eigenvalue weighted by atomic mass is 16.5. The topological polar surface area (TPSA) is 59.0 Å². The summed E-state index contributed by atoms with van der Waals surface area (Å²) >= 11 is 0. The van der Waals surface area contributed by atoms with E-state index >= 15 is 0 Å². The molecule has 6 rings (SSSR count). The van der Waals surface area contributed by atoms with Gasteiger partial charge in [-0.2, -0.15) is 10.1 Å². The first-order chi connectivity index (χ1) is 14.2. The van der Waals surface area contributed by atoms with E-state index in [1.807, 2.05) is 54.6 Å². The molecule has 0 spiro atoms. The van der Waals surface area contributed by atoms with Gasteiger partial charge in [-0.25, -0.2) is 0 Å². The van der Waals surface area contributed by atoms with Gasteiger partial charge in [0.2, 0.25) is 0 Å². The summed E-state index contributed by atoms with van der Waals surface area (Å²) in [5.74, 6) is 0.284. The van der Waals surface area contributed by atoms with Gasteiger partial charge in [-0.1, -0.05) is 54.6 Å². The molecule has 4 atom stereocenters. The molecule has 146 valence electrons. The van der Waals surface area contributed by atoms with Crippen LogP contribution in [-0.2, 0) is 16.2 Å². The van der Waals surface area contributed by atoms with Crippen LogP contribution in [0.4, 0.5) is 0 Å². The second-order valence-electron chi connectivity index (χ2n) is 7.92. The van der Waals surface area contributed by atoms with E-state index in [1.165, 1.54) is 0 Å². The number of nitrogens with zero attached hydrogens (tertiary/aromatic N) is 2. The molecule has 2 aromatic rings. The Hall–Kier alpha value is -3.21. The quantitative estimate of drug-likeness (QED) is 0.446. The first-order valence-corrected chi connectivity index (χ1v) is 10.1. The Kier molecular flexibility index (Phi) is 4.51. The van der Waals surface area contributed by atoms with Gasteiger partial charge in [0.15, 0.2) is 0 Å². The number of imide groups is 1. The van der Waals surface area contributed by atoms with Gasteiger partial charge in [0.25, 0.3) is 11.8 Å². The van der Waals surface area contributed by atoms with Crippen LogP contribution in [-0.4, -0.2) is 23.0 Å². The molecule has 2 aromatic carbocycles. The Morgan fingerprint density at radius 1 is 0.931 bits per heavy atom. The van der Waals surface area contributed by atoms with Gasteiger partial charge >= 0.3 is 0 Å². The van der Waals surface area contributed by atoms with Crippen LogP contribution in [0, 0.1) is 23.7 Å². The average Bonchev–Trinajstić information content (AvgIpc) is 3.05. The smallest absolute Gasteiger partial charge is 0.254 e. The summed E-state index contributed by atoms with van der Waals surface area (Å²) in [5, 5.41) is 5.35. The Balaban J connectivity index is 1.29. The van der Waals surface area contributed by atoms with Crippen molar-refractivity contribution in [3.63, 3.8) is 0 Å². The van der Waals surface area contributed by atoms with Crippen molar-refractivity contribution >= 4 is 18.0 Å². The largest absolute Gasteiger partial charge is 0.489 e. The average molecular weight is 386 g/mol. The van der Waals surface area contributed by atoms with Crippen LogP contribution in [0.1, 0.15) is 24.0 Å². The van der Waals surface area contributed by atoms with E-state index in [4.69, 9.17) is 4.74 Å². The maximum absolute atomic E-state index is 12.8. The minimum Gasteiger partial charge on any atom is -0.489 e. The van der Waals surface area contributed by atoms with Crippen LogP contribution in [0.2, 0.25) is 0 Å². The van der Waals surface area contributed by atoms with Crippen molar-refractivity contribution in [3.05, 3.63) is 77.9 Å². The zero-order valence-corrected chi connectivity index (χ0v) is 16.0. The maximum atomic E-state index is 12.8. The van der Waals surface area contributed by atoms with Crippen molar-refractivity contribution in [2.24, 2.45) is 28.8 Å². The predicted molar refractivity (Wildman–Crippen MR) is 109 cm³/mol. The summed E-state index contributed by atoms with van der Waals surface area (Å²) in [4.78, 5) is 25.6. The van der Waals surface area contributed by atoms with Crippen LogP contribution in [0.25, 0.3) is 0 Å². The third-order valence-corrected chi connectivity index (χ3v) is 6.16. The summed E-state index contributed by atoms with van der Waals surface area (Å²) in [6.07, 6.45) is 7.76. The minimum atomic E-state index is -0.232. The fraction of sp³-hybridized carbons (Fsp3) is 0.292. The van der Waals surface area contributed by atoms with E-state index in [1.54, 1.807) is 6.21 Å². The molecule has 2 amide bonds. The molecule has 1 saturated heterocycles. The van der Waals surface area contributed by atoms with Gasteiger partial charge < -0.3 is 4.74 Å². The molecule has 0 unspecified atom stereocenters. The van der Waals surface area contributed by atoms with E-state index in [0.29, 0.717) is 12.4 Å². The number of allylic oxidation sites excluding steroid dienone is 2. The molecule has 3 aliphatic carbocycles. The number of hydrogen-bond donors (Lipinski definition) is 0. The Bertz CT molecular complexity index is 966. The highest BCUT2D eigenvalue weighted by Crippen LogP contribution is 2.49. The second-order valence-corrected chi connectivity index (χ2v) is 7.92. The predicted octanol–water partition coefficient (Wildman–Crippen LogP) is 3.80. The fourth-order valence-electron chi connectivity index (χ4n) is 4.72. The molecule has 0 aromatic heterocycles. The summed E-state index contributed by atoms with van der Waals surface area (Å²) in [6, 6.07) is 17.4. The SMILES string of the molecule is O=C1[C@H]2[C@H](C(=O)N1/N=C\c1cccc(OCc3ccccc3)c1)[C@H]1C=C[C@H]2CC1. The molecule has 5 nitrogen and oxygen atoms in total. The van der Waals surface area contributed by atoms with Crippen molar-refractivity contribution in [2.45, 2.75) is 19.4 Å². The highest BCUT2D eigenvalue weighted by molar-refractivity contribution is 6.06. The number of rotatable bonds is 5. The first kappa shape index (κ1) is 17.9. The number of fused-ring (bicyclic) bond motifs is 1. The number of carbonyl (C=O) groups excluding carboxylic acids is 2. The monoisotopic (exact) mass is 386 g/mol. The Morgan fingerprint density at radius 3 is 2.28 bits per heavy atom. The molecule has 1 heterocycles. The van der Waals surface area contributed by atoms with Gasteiger partial charge in [0, 0.05) is 0 Å². The normalized spacial score (nSPS) is 27.7. The number of hydrogen-bond acceptors (Lipinski definition) is 4. The molecule has 1 saturated carbocycles. The van der Waals surface area contributed by atoms with Crippen molar-refractivity contribution < 1.29 is 14.3 Å². The molecule has 0 radical (unpaired) electrons. The zero-order valence-electron chi connectivity index (χ0n) is 16.0. The summed E-state index contributed by atoms with van der Waals surface area (Å²) in [5.41, 5.74) is 1.87. The standard InChI is InChI=1S/C24H22N2O3/c27-23-21-18-9-10-19(12-11-18)22(21)24(28)26(23)25-14-17-7-4-8-20(13-17)29-15-16-5-2-1-3-6-16/h1-10,13-14,18-19,21-22H,11-12,15H2/b25-14-/t18-,19-,21+,22+/m0/s1. The van der Waals surface area contributed by atoms with Crippen molar-refractivity contribution in [2.75, 3.05) is 0 Å². The van der Waals surface area contributed by atoms with Gasteiger partial charge in [-0.05, 0) is 47.9 Å². The van der Waals surface area contributed by atoms with Crippen molar-refractivity contribution in [1.82, 2.24) is 5.01 Å². The van der Waals surface area contributed by atoms with E-state index in [-0.39, 0.29) is 35.5 Å². The lowest BCUT2D eigenvalue weighted by Crippen LogP contribution is -2.38. The van der Waals surface area contributed by atoms with Crippen LogP contribution in [0.3, 0.4) is 0 Å².